The van der Waals surface area contributed by atoms with Gasteiger partial charge in [-0.15, -0.1) is 0 Å². The van der Waals surface area contributed by atoms with Crippen molar-refractivity contribution in [2.75, 3.05) is 0 Å². The molecule has 1 N–H and O–H groups in total. The van der Waals surface area contributed by atoms with E-state index in [1.807, 2.05) is 0 Å². The minimum atomic E-state index is -4.54. The molecule has 1 heterocycles. The Hall–Kier alpha value is -2.57. The number of nitrogens with zero attached hydrogens (tertiary/aromatic N) is 1. The van der Waals surface area contributed by atoms with Crippen molar-refractivity contribution in [3.8, 4) is 17.6 Å². The Morgan fingerprint density at radius 1 is 1.33 bits per heavy atom. The van der Waals surface area contributed by atoms with Crippen LogP contribution in [0.1, 0.15) is 36.2 Å². The van der Waals surface area contributed by atoms with E-state index < -0.39 is 43.7 Å². The highest BCUT2D eigenvalue weighted by molar-refractivity contribution is 7.93. The smallest absolute Gasteiger partial charge is 0.244 e. The van der Waals surface area contributed by atoms with Crippen LogP contribution < -0.4 is 4.74 Å². The van der Waals surface area contributed by atoms with Gasteiger partial charge in [-0.05, 0) is 31.2 Å². The van der Waals surface area contributed by atoms with Crippen molar-refractivity contribution in [3.05, 3.63) is 52.8 Å². The van der Waals surface area contributed by atoms with Crippen molar-refractivity contribution in [1.82, 2.24) is 0 Å². The fourth-order valence-corrected chi connectivity index (χ4v) is 5.58. The first-order valence-electron chi connectivity index (χ1n) is 7.89. The fourth-order valence-electron chi connectivity index (χ4n) is 3.74. The highest BCUT2D eigenvalue weighted by Crippen LogP contribution is 2.63. The van der Waals surface area contributed by atoms with E-state index in [0.29, 0.717) is 6.92 Å². The number of sulfone groups is 1. The van der Waals surface area contributed by atoms with Crippen molar-refractivity contribution in [3.63, 3.8) is 0 Å². The number of ether oxygens (including phenoxy) is 1. The number of benzene rings is 2. The number of aliphatic hydroxyl groups is 1. The third-order valence-corrected chi connectivity index (χ3v) is 7.40. The first-order chi connectivity index (χ1) is 12.5. The van der Waals surface area contributed by atoms with Gasteiger partial charge in [0.15, 0.2) is 0 Å². The highest BCUT2D eigenvalue weighted by atomic mass is 32.2. The second-order valence-corrected chi connectivity index (χ2v) is 8.91. The van der Waals surface area contributed by atoms with Crippen LogP contribution >= 0.6 is 0 Å². The van der Waals surface area contributed by atoms with E-state index >= 15 is 4.39 Å². The van der Waals surface area contributed by atoms with Crippen LogP contribution in [0.3, 0.4) is 0 Å². The van der Waals surface area contributed by atoms with Crippen LogP contribution in [-0.4, -0.2) is 18.5 Å². The van der Waals surface area contributed by atoms with Gasteiger partial charge in [-0.2, -0.15) is 5.26 Å². The lowest BCUT2D eigenvalue weighted by molar-refractivity contribution is -0.0600. The molecule has 0 fully saturated rings. The van der Waals surface area contributed by atoms with Crippen molar-refractivity contribution in [2.24, 2.45) is 0 Å². The molecule has 9 heteroatoms. The lowest BCUT2D eigenvalue weighted by Crippen LogP contribution is -2.45. The zero-order valence-electron chi connectivity index (χ0n) is 13.8. The van der Waals surface area contributed by atoms with E-state index in [1.165, 1.54) is 6.07 Å². The van der Waals surface area contributed by atoms with Crippen molar-refractivity contribution in [1.29, 1.82) is 5.26 Å². The number of halogens is 3. The number of hydrogen-bond acceptors (Lipinski definition) is 5. The summed E-state index contributed by atoms with van der Waals surface area (Å²) in [6.07, 6.45) is -2.66. The first kappa shape index (κ1) is 17.8. The normalized spacial score (nSPS) is 30.0. The van der Waals surface area contributed by atoms with Crippen LogP contribution in [0.15, 0.2) is 35.2 Å². The summed E-state index contributed by atoms with van der Waals surface area (Å²) in [5.74, 6) is -1.05. The second-order valence-electron chi connectivity index (χ2n) is 6.69. The summed E-state index contributed by atoms with van der Waals surface area (Å²) >= 11 is 0. The summed E-state index contributed by atoms with van der Waals surface area (Å²) in [5.41, 5.74) is -3.23. The molecule has 0 saturated carbocycles. The van der Waals surface area contributed by atoms with E-state index in [-0.39, 0.29) is 28.2 Å². The van der Waals surface area contributed by atoms with Crippen LogP contribution in [0.5, 0.6) is 11.5 Å². The summed E-state index contributed by atoms with van der Waals surface area (Å²) in [5, 5.41) is 16.5. The monoisotopic (exact) mass is 395 g/mol. The minimum Gasteiger partial charge on any atom is -0.457 e. The molecule has 2 aliphatic rings. The number of nitriles is 1. The third-order valence-electron chi connectivity index (χ3n) is 5.13. The zero-order chi connectivity index (χ0) is 19.8. The minimum absolute atomic E-state index is 0.0326. The molecule has 1 aliphatic carbocycles. The van der Waals surface area contributed by atoms with Crippen LogP contribution in [0, 0.1) is 17.1 Å². The van der Waals surface area contributed by atoms with Crippen LogP contribution in [0.4, 0.5) is 13.2 Å². The maximum atomic E-state index is 15.0. The lowest BCUT2D eigenvalue weighted by atomic mass is 9.91. The Morgan fingerprint density at radius 2 is 2.04 bits per heavy atom. The van der Waals surface area contributed by atoms with Gasteiger partial charge in [0.05, 0.1) is 16.5 Å². The highest BCUT2D eigenvalue weighted by Gasteiger charge is 2.70. The van der Waals surface area contributed by atoms with E-state index in [2.05, 4.69) is 0 Å². The first-order valence-corrected chi connectivity index (χ1v) is 9.37. The van der Waals surface area contributed by atoms with Crippen molar-refractivity contribution < 1.29 is 31.4 Å². The fraction of sp³-hybridized carbons (Fsp3) is 0.278. The molecule has 1 aliphatic heterocycles. The van der Waals surface area contributed by atoms with Crippen LogP contribution in [0.25, 0.3) is 0 Å². The topological polar surface area (TPSA) is 87.4 Å². The number of hydrogen-bond donors (Lipinski definition) is 1. The molecule has 2 aromatic rings. The van der Waals surface area contributed by atoms with Gasteiger partial charge in [0, 0.05) is 23.6 Å². The van der Waals surface area contributed by atoms with Gasteiger partial charge < -0.3 is 9.84 Å². The molecule has 27 heavy (non-hydrogen) atoms. The molecule has 0 spiro atoms. The van der Waals surface area contributed by atoms with E-state index in [0.717, 1.165) is 24.3 Å². The Bertz CT molecular complexity index is 1140. The predicted molar refractivity (Wildman–Crippen MR) is 86.7 cm³/mol. The maximum absolute atomic E-state index is 15.0. The zero-order valence-corrected chi connectivity index (χ0v) is 14.6. The SMILES string of the molecule is CC1(F)[C@]2(O)C[C@@H](F)c3c(Oc4cc(F)cc(C#N)c4)ccc(c32)S1(=O)=O. The van der Waals surface area contributed by atoms with Crippen molar-refractivity contribution >= 4 is 9.84 Å². The van der Waals surface area contributed by atoms with Gasteiger partial charge in [-0.25, -0.2) is 21.6 Å². The average molecular weight is 395 g/mol. The molecular weight excluding hydrogens is 383 g/mol. The maximum Gasteiger partial charge on any atom is 0.244 e. The third kappa shape index (κ3) is 2.11. The van der Waals surface area contributed by atoms with E-state index in [4.69, 9.17) is 10.00 Å². The van der Waals surface area contributed by atoms with Gasteiger partial charge in [-0.3, -0.25) is 0 Å². The van der Waals surface area contributed by atoms with Gasteiger partial charge in [0.2, 0.25) is 14.8 Å². The predicted octanol–water partition coefficient (Wildman–Crippen LogP) is 3.56. The van der Waals surface area contributed by atoms with Gasteiger partial charge in [0.25, 0.3) is 0 Å². The Morgan fingerprint density at radius 3 is 2.70 bits per heavy atom. The molecule has 0 amide bonds. The van der Waals surface area contributed by atoms with Gasteiger partial charge >= 0.3 is 0 Å². The molecule has 4 rings (SSSR count). The lowest BCUT2D eigenvalue weighted by Gasteiger charge is -2.28. The summed E-state index contributed by atoms with van der Waals surface area (Å²) in [7, 11) is -4.54. The van der Waals surface area contributed by atoms with Crippen LogP contribution in [0.2, 0.25) is 0 Å². The van der Waals surface area contributed by atoms with Crippen molar-refractivity contribution in [2.45, 2.75) is 35.0 Å². The standard InChI is InChI=1S/C18H12F3NO4S/c1-17(21)18(23)7-12(20)15-13(2-3-14(16(15)18)27(17,24)25)26-11-5-9(8-22)4-10(19)6-11/h2-6,12,23H,7H2,1H3/t12-,17?,18+/m1/s1. The number of rotatable bonds is 2. The molecule has 0 bridgehead atoms. The molecule has 5 nitrogen and oxygen atoms in total. The summed E-state index contributed by atoms with van der Waals surface area (Å²) in [6, 6.07) is 7.06. The summed E-state index contributed by atoms with van der Waals surface area (Å²) in [4.78, 5) is -0.491. The second kappa shape index (κ2) is 5.24. The van der Waals surface area contributed by atoms with Crippen LogP contribution in [-0.2, 0) is 15.4 Å². The Labute approximate surface area is 152 Å². The molecule has 140 valence electrons. The number of alkyl halides is 2. The molecule has 0 saturated heterocycles. The van der Waals surface area contributed by atoms with E-state index in [1.54, 1.807) is 6.07 Å². The molecular formula is C18H12F3NO4S. The molecule has 1 unspecified atom stereocenters. The molecule has 0 aromatic heterocycles. The molecule has 2 aromatic carbocycles. The molecule has 0 radical (unpaired) electrons. The summed E-state index contributed by atoms with van der Waals surface area (Å²) < 4.78 is 73.6. The molecule has 3 atom stereocenters. The van der Waals surface area contributed by atoms with E-state index in [9.17, 15) is 22.3 Å². The average Bonchev–Trinajstić information content (AvgIpc) is 2.92. The largest absolute Gasteiger partial charge is 0.457 e. The van der Waals surface area contributed by atoms with Gasteiger partial charge in [0.1, 0.15) is 29.1 Å². The van der Waals surface area contributed by atoms with Gasteiger partial charge in [-0.1, -0.05) is 0 Å². The summed E-state index contributed by atoms with van der Waals surface area (Å²) in [6.45, 7) is 0.705. The quantitative estimate of drug-likeness (QED) is 0.840. The Balaban J connectivity index is 1.91. The Kier molecular flexibility index (Phi) is 3.46.